The standard InChI is InChI=1S/C29H33BrN2O2S/c1-21-13-15-25(16-14-21)35-20-27(33)32(19-23-11-8-12-24(30)17-23)26(28(34)31-29(2,3)4)18-22-9-6-5-7-10-22/h5-17,26H,18-20H2,1-4H3,(H,31,34)/t26-/m0/s1. The number of thioether (sulfide) groups is 1. The maximum absolute atomic E-state index is 13.7. The molecule has 3 aromatic carbocycles. The molecule has 0 aromatic heterocycles. The van der Waals surface area contributed by atoms with E-state index < -0.39 is 11.6 Å². The summed E-state index contributed by atoms with van der Waals surface area (Å²) in [6.07, 6.45) is 0.442. The molecule has 4 nitrogen and oxygen atoms in total. The summed E-state index contributed by atoms with van der Waals surface area (Å²) in [6.45, 7) is 8.26. The molecule has 0 unspecified atom stereocenters. The van der Waals surface area contributed by atoms with Gasteiger partial charge in [-0.3, -0.25) is 9.59 Å². The molecule has 0 radical (unpaired) electrons. The van der Waals surface area contributed by atoms with Gasteiger partial charge in [-0.05, 0) is 63.1 Å². The molecule has 0 spiro atoms. The minimum atomic E-state index is -0.637. The second kappa shape index (κ2) is 12.4. The lowest BCUT2D eigenvalue weighted by atomic mass is 10.0. The molecule has 0 saturated carbocycles. The third kappa shape index (κ3) is 8.86. The summed E-state index contributed by atoms with van der Waals surface area (Å²) in [5.74, 6) is 0.0381. The van der Waals surface area contributed by atoms with Gasteiger partial charge in [0, 0.05) is 27.9 Å². The predicted molar refractivity (Wildman–Crippen MR) is 148 cm³/mol. The number of hydrogen-bond acceptors (Lipinski definition) is 3. The molecule has 1 N–H and O–H groups in total. The van der Waals surface area contributed by atoms with Gasteiger partial charge in [0.1, 0.15) is 6.04 Å². The number of carbonyl (C=O) groups is 2. The van der Waals surface area contributed by atoms with Crippen molar-refractivity contribution >= 4 is 39.5 Å². The summed E-state index contributed by atoms with van der Waals surface area (Å²) in [5.41, 5.74) is 2.75. The molecule has 184 valence electrons. The molecule has 0 saturated heterocycles. The second-order valence-electron chi connectivity index (χ2n) is 9.70. The third-order valence-corrected chi connectivity index (χ3v) is 6.88. The number of benzene rings is 3. The lowest BCUT2D eigenvalue weighted by Crippen LogP contribution is -2.54. The molecule has 6 heteroatoms. The van der Waals surface area contributed by atoms with Gasteiger partial charge in [0.25, 0.3) is 0 Å². The molecule has 35 heavy (non-hydrogen) atoms. The lowest BCUT2D eigenvalue weighted by molar-refractivity contribution is -0.140. The fourth-order valence-electron chi connectivity index (χ4n) is 3.70. The first-order valence-electron chi connectivity index (χ1n) is 11.7. The van der Waals surface area contributed by atoms with E-state index in [1.54, 1.807) is 4.90 Å². The summed E-state index contributed by atoms with van der Waals surface area (Å²) in [5, 5.41) is 3.10. The van der Waals surface area contributed by atoms with Crippen LogP contribution in [0.25, 0.3) is 0 Å². The van der Waals surface area contributed by atoms with Gasteiger partial charge in [0.15, 0.2) is 0 Å². The van der Waals surface area contributed by atoms with E-state index in [0.29, 0.717) is 13.0 Å². The van der Waals surface area contributed by atoms with Crippen LogP contribution in [0.1, 0.15) is 37.5 Å². The molecular weight excluding hydrogens is 520 g/mol. The summed E-state index contributed by atoms with van der Waals surface area (Å²) in [7, 11) is 0. The summed E-state index contributed by atoms with van der Waals surface area (Å²) in [6, 6.07) is 25.3. The lowest BCUT2D eigenvalue weighted by Gasteiger charge is -2.34. The van der Waals surface area contributed by atoms with E-state index in [1.807, 2.05) is 107 Å². The molecule has 0 fully saturated rings. The number of nitrogens with one attached hydrogen (secondary N) is 1. The van der Waals surface area contributed by atoms with Crippen molar-refractivity contribution in [2.75, 3.05) is 5.75 Å². The fourth-order valence-corrected chi connectivity index (χ4v) is 4.93. The van der Waals surface area contributed by atoms with Gasteiger partial charge in [0.2, 0.25) is 11.8 Å². The van der Waals surface area contributed by atoms with E-state index in [1.165, 1.54) is 17.3 Å². The van der Waals surface area contributed by atoms with Gasteiger partial charge in [-0.1, -0.05) is 76.1 Å². The van der Waals surface area contributed by atoms with Crippen molar-refractivity contribution in [1.82, 2.24) is 10.2 Å². The minimum Gasteiger partial charge on any atom is -0.350 e. The Labute approximate surface area is 221 Å². The zero-order valence-corrected chi connectivity index (χ0v) is 23.2. The zero-order valence-electron chi connectivity index (χ0n) is 20.8. The molecule has 0 bridgehead atoms. The Bertz CT molecular complexity index is 1130. The Morgan fingerprint density at radius 1 is 0.943 bits per heavy atom. The third-order valence-electron chi connectivity index (χ3n) is 5.39. The average Bonchev–Trinajstić information content (AvgIpc) is 2.80. The van der Waals surface area contributed by atoms with Crippen LogP contribution in [0, 0.1) is 6.92 Å². The predicted octanol–water partition coefficient (Wildman–Crippen LogP) is 6.40. The topological polar surface area (TPSA) is 49.4 Å². The van der Waals surface area contributed by atoms with E-state index in [9.17, 15) is 9.59 Å². The van der Waals surface area contributed by atoms with Crippen molar-refractivity contribution in [2.45, 2.75) is 57.1 Å². The number of nitrogens with zero attached hydrogens (tertiary/aromatic N) is 1. The molecule has 2 amide bonds. The highest BCUT2D eigenvalue weighted by atomic mass is 79.9. The SMILES string of the molecule is Cc1ccc(SCC(=O)N(Cc2cccc(Br)c2)[C@@H](Cc2ccccc2)C(=O)NC(C)(C)C)cc1. The normalized spacial score (nSPS) is 12.1. The molecule has 0 aliphatic carbocycles. The summed E-state index contributed by atoms with van der Waals surface area (Å²) >= 11 is 5.02. The van der Waals surface area contributed by atoms with Gasteiger partial charge in [-0.15, -0.1) is 11.8 Å². The van der Waals surface area contributed by atoms with Crippen LogP contribution in [0.5, 0.6) is 0 Å². The van der Waals surface area contributed by atoms with Crippen LogP contribution in [0.2, 0.25) is 0 Å². The molecule has 3 rings (SSSR count). The van der Waals surface area contributed by atoms with Crippen LogP contribution < -0.4 is 5.32 Å². The average molecular weight is 554 g/mol. The maximum atomic E-state index is 13.7. The Morgan fingerprint density at radius 3 is 2.23 bits per heavy atom. The monoisotopic (exact) mass is 552 g/mol. The first-order chi connectivity index (χ1) is 16.6. The molecule has 0 aliphatic heterocycles. The van der Waals surface area contributed by atoms with Crippen molar-refractivity contribution in [3.8, 4) is 0 Å². The summed E-state index contributed by atoms with van der Waals surface area (Å²) < 4.78 is 0.940. The van der Waals surface area contributed by atoms with Crippen molar-refractivity contribution < 1.29 is 9.59 Å². The molecule has 1 atom stereocenters. The smallest absolute Gasteiger partial charge is 0.243 e. The zero-order chi connectivity index (χ0) is 25.4. The van der Waals surface area contributed by atoms with Crippen molar-refractivity contribution in [1.29, 1.82) is 0 Å². The van der Waals surface area contributed by atoms with Gasteiger partial charge in [0.05, 0.1) is 5.75 Å². The van der Waals surface area contributed by atoms with Gasteiger partial charge < -0.3 is 10.2 Å². The number of rotatable bonds is 9. The van der Waals surface area contributed by atoms with Crippen molar-refractivity contribution in [2.24, 2.45) is 0 Å². The van der Waals surface area contributed by atoms with Crippen molar-refractivity contribution in [3.63, 3.8) is 0 Å². The largest absolute Gasteiger partial charge is 0.350 e. The van der Waals surface area contributed by atoms with E-state index in [2.05, 4.69) is 21.2 Å². The second-order valence-corrected chi connectivity index (χ2v) is 11.7. The molecular formula is C29H33BrN2O2S. The number of carbonyl (C=O) groups excluding carboxylic acids is 2. The number of aryl methyl sites for hydroxylation is 1. The minimum absolute atomic E-state index is 0.0689. The van der Waals surface area contributed by atoms with Gasteiger partial charge in [-0.2, -0.15) is 0 Å². The van der Waals surface area contributed by atoms with Gasteiger partial charge >= 0.3 is 0 Å². The Morgan fingerprint density at radius 2 is 1.60 bits per heavy atom. The highest BCUT2D eigenvalue weighted by Gasteiger charge is 2.32. The highest BCUT2D eigenvalue weighted by Crippen LogP contribution is 2.23. The van der Waals surface area contributed by atoms with Crippen LogP contribution in [-0.4, -0.2) is 34.0 Å². The van der Waals surface area contributed by atoms with Crippen LogP contribution in [0.4, 0.5) is 0 Å². The van der Waals surface area contributed by atoms with Crippen LogP contribution in [0.3, 0.4) is 0 Å². The molecule has 3 aromatic rings. The van der Waals surface area contributed by atoms with Gasteiger partial charge in [-0.25, -0.2) is 0 Å². The number of amides is 2. The van der Waals surface area contributed by atoms with Crippen molar-refractivity contribution in [3.05, 3.63) is 100 Å². The molecule has 0 heterocycles. The Kier molecular flexibility index (Phi) is 9.58. The first kappa shape index (κ1) is 27.0. The van der Waals surface area contributed by atoms with Crippen LogP contribution >= 0.6 is 27.7 Å². The quantitative estimate of drug-likeness (QED) is 0.312. The van der Waals surface area contributed by atoms with E-state index in [0.717, 1.165) is 20.5 Å². The first-order valence-corrected chi connectivity index (χ1v) is 13.5. The number of halogens is 1. The fraction of sp³-hybridized carbons (Fsp3) is 0.310. The van der Waals surface area contributed by atoms with Crippen LogP contribution in [0.15, 0.2) is 88.2 Å². The Hall–Kier alpha value is -2.57. The molecule has 0 aliphatic rings. The van der Waals surface area contributed by atoms with E-state index in [-0.39, 0.29) is 17.6 Å². The van der Waals surface area contributed by atoms with E-state index in [4.69, 9.17) is 0 Å². The summed E-state index contributed by atoms with van der Waals surface area (Å²) in [4.78, 5) is 30.0. The van der Waals surface area contributed by atoms with E-state index >= 15 is 0 Å². The Balaban J connectivity index is 1.92. The van der Waals surface area contributed by atoms with Crippen LogP contribution in [-0.2, 0) is 22.6 Å². The maximum Gasteiger partial charge on any atom is 0.243 e. The highest BCUT2D eigenvalue weighted by molar-refractivity contribution is 9.10. The number of hydrogen-bond donors (Lipinski definition) is 1.